The predicted molar refractivity (Wildman–Crippen MR) is 85.5 cm³/mol. The van der Waals surface area contributed by atoms with Crippen molar-refractivity contribution in [1.82, 2.24) is 4.90 Å². The minimum Gasteiger partial charge on any atom is -0.467 e. The van der Waals surface area contributed by atoms with Crippen LogP contribution < -0.4 is 5.73 Å². The molecule has 1 unspecified atom stereocenters. The molecule has 0 bridgehead atoms. The van der Waals surface area contributed by atoms with E-state index in [4.69, 9.17) is 10.2 Å². The Balaban J connectivity index is 0.00000220. The van der Waals surface area contributed by atoms with Gasteiger partial charge in [0, 0.05) is 7.05 Å². The van der Waals surface area contributed by atoms with Crippen molar-refractivity contribution in [3.05, 3.63) is 59.0 Å². The average Bonchev–Trinajstić information content (AvgIpc) is 2.94. The number of carbonyl (C=O) groups excluding carboxylic acids is 1. The molecule has 21 heavy (non-hydrogen) atoms. The van der Waals surface area contributed by atoms with Gasteiger partial charge in [0.1, 0.15) is 12.0 Å². The van der Waals surface area contributed by atoms with E-state index in [1.54, 1.807) is 18.0 Å². The van der Waals surface area contributed by atoms with E-state index in [2.05, 4.69) is 12.1 Å². The fraction of sp³-hybridized carbons (Fsp3) is 0.312. The molecule has 1 amide bonds. The number of halogens is 1. The van der Waals surface area contributed by atoms with Crippen molar-refractivity contribution in [2.24, 2.45) is 5.73 Å². The van der Waals surface area contributed by atoms with Gasteiger partial charge >= 0.3 is 0 Å². The van der Waals surface area contributed by atoms with Gasteiger partial charge in [0.15, 0.2) is 0 Å². The maximum Gasteiger partial charge on any atom is 0.257 e. The number of rotatable bonds is 4. The molecular weight excluding hydrogens is 288 g/mol. The molecule has 1 atom stereocenters. The molecule has 1 aromatic carbocycles. The monoisotopic (exact) mass is 308 g/mol. The predicted octanol–water partition coefficient (Wildman–Crippen LogP) is 3.30. The van der Waals surface area contributed by atoms with E-state index in [-0.39, 0.29) is 24.4 Å². The van der Waals surface area contributed by atoms with Gasteiger partial charge in [0.25, 0.3) is 5.91 Å². The maximum absolute atomic E-state index is 12.4. The van der Waals surface area contributed by atoms with Crippen LogP contribution in [0.2, 0.25) is 0 Å². The van der Waals surface area contributed by atoms with Gasteiger partial charge < -0.3 is 15.1 Å². The molecule has 2 aromatic rings. The van der Waals surface area contributed by atoms with Crippen molar-refractivity contribution in [3.8, 4) is 0 Å². The van der Waals surface area contributed by atoms with E-state index < -0.39 is 0 Å². The first-order valence-corrected chi connectivity index (χ1v) is 6.64. The van der Waals surface area contributed by atoms with Crippen LogP contribution in [0.1, 0.15) is 40.2 Å². The minimum absolute atomic E-state index is 0. The molecule has 4 nitrogen and oxygen atoms in total. The number of hydrogen-bond acceptors (Lipinski definition) is 3. The molecule has 1 heterocycles. The fourth-order valence-electron chi connectivity index (χ4n) is 2.05. The lowest BCUT2D eigenvalue weighted by atomic mass is 10.1. The van der Waals surface area contributed by atoms with Gasteiger partial charge in [-0.2, -0.15) is 0 Å². The first kappa shape index (κ1) is 17.3. The summed E-state index contributed by atoms with van der Waals surface area (Å²) < 4.78 is 5.21. The largest absolute Gasteiger partial charge is 0.467 e. The summed E-state index contributed by atoms with van der Waals surface area (Å²) in [5.74, 6) is 0.547. The first-order valence-electron chi connectivity index (χ1n) is 6.64. The summed E-state index contributed by atoms with van der Waals surface area (Å²) in [6.45, 7) is 4.35. The van der Waals surface area contributed by atoms with Crippen LogP contribution in [-0.2, 0) is 6.54 Å². The zero-order valence-electron chi connectivity index (χ0n) is 12.5. The summed E-state index contributed by atoms with van der Waals surface area (Å²) in [5.41, 5.74) is 8.33. The SMILES string of the molecule is Cc1ccc(C(C)N(C)C(=O)c2coc(CN)c2)cc1.Cl. The van der Waals surface area contributed by atoms with Crippen LogP contribution in [0, 0.1) is 6.92 Å². The third kappa shape index (κ3) is 3.86. The van der Waals surface area contributed by atoms with Crippen LogP contribution in [0.3, 0.4) is 0 Å². The van der Waals surface area contributed by atoms with E-state index in [9.17, 15) is 4.79 Å². The third-order valence-corrected chi connectivity index (χ3v) is 3.56. The van der Waals surface area contributed by atoms with Crippen LogP contribution in [0.5, 0.6) is 0 Å². The van der Waals surface area contributed by atoms with Gasteiger partial charge in [-0.05, 0) is 25.5 Å². The standard InChI is InChI=1S/C16H20N2O2.ClH/c1-11-4-6-13(7-5-11)12(2)18(3)16(19)14-8-15(9-17)20-10-14;/h4-8,10,12H,9,17H2,1-3H3;1H. The second-order valence-electron chi connectivity index (χ2n) is 5.01. The molecule has 2 rings (SSSR count). The van der Waals surface area contributed by atoms with Crippen molar-refractivity contribution in [2.75, 3.05) is 7.05 Å². The first-order chi connectivity index (χ1) is 9.52. The Labute approximate surface area is 131 Å². The second-order valence-corrected chi connectivity index (χ2v) is 5.01. The maximum atomic E-state index is 12.4. The van der Waals surface area contributed by atoms with Crippen molar-refractivity contribution in [2.45, 2.75) is 26.4 Å². The van der Waals surface area contributed by atoms with E-state index in [0.717, 1.165) is 5.56 Å². The zero-order chi connectivity index (χ0) is 14.7. The zero-order valence-corrected chi connectivity index (χ0v) is 13.3. The van der Waals surface area contributed by atoms with Crippen LogP contribution >= 0.6 is 12.4 Å². The van der Waals surface area contributed by atoms with Crippen LogP contribution in [0.15, 0.2) is 41.0 Å². The number of amides is 1. The summed E-state index contributed by atoms with van der Waals surface area (Å²) in [6.07, 6.45) is 1.46. The molecule has 0 saturated carbocycles. The quantitative estimate of drug-likeness (QED) is 0.942. The topological polar surface area (TPSA) is 59.5 Å². The van der Waals surface area contributed by atoms with E-state index in [0.29, 0.717) is 17.9 Å². The summed E-state index contributed by atoms with van der Waals surface area (Å²) in [5, 5.41) is 0. The Morgan fingerprint density at radius 3 is 2.48 bits per heavy atom. The molecule has 114 valence electrons. The number of furan rings is 1. The highest BCUT2D eigenvalue weighted by molar-refractivity contribution is 5.94. The third-order valence-electron chi connectivity index (χ3n) is 3.56. The van der Waals surface area contributed by atoms with E-state index >= 15 is 0 Å². The van der Waals surface area contributed by atoms with Gasteiger partial charge in [-0.1, -0.05) is 29.8 Å². The highest BCUT2D eigenvalue weighted by atomic mass is 35.5. The molecule has 0 fully saturated rings. The second kappa shape index (κ2) is 7.29. The molecule has 1 aromatic heterocycles. The summed E-state index contributed by atoms with van der Waals surface area (Å²) >= 11 is 0. The molecule has 0 aliphatic rings. The summed E-state index contributed by atoms with van der Waals surface area (Å²) in [4.78, 5) is 14.1. The minimum atomic E-state index is -0.0680. The number of aryl methyl sites for hydroxylation is 1. The van der Waals surface area contributed by atoms with Crippen molar-refractivity contribution < 1.29 is 9.21 Å². The van der Waals surface area contributed by atoms with Crippen LogP contribution in [-0.4, -0.2) is 17.9 Å². The van der Waals surface area contributed by atoms with Gasteiger partial charge in [0.05, 0.1) is 18.2 Å². The lowest BCUT2D eigenvalue weighted by Crippen LogP contribution is -2.29. The Hall–Kier alpha value is -1.78. The summed E-state index contributed by atoms with van der Waals surface area (Å²) in [7, 11) is 1.79. The molecule has 0 aliphatic carbocycles. The number of nitrogens with two attached hydrogens (primary N) is 1. The highest BCUT2D eigenvalue weighted by Crippen LogP contribution is 2.21. The number of benzene rings is 1. The number of hydrogen-bond donors (Lipinski definition) is 1. The lowest BCUT2D eigenvalue weighted by Gasteiger charge is -2.25. The molecule has 0 aliphatic heterocycles. The molecule has 0 saturated heterocycles. The Kier molecular flexibility index (Phi) is 6.00. The fourth-order valence-corrected chi connectivity index (χ4v) is 2.05. The lowest BCUT2D eigenvalue weighted by molar-refractivity contribution is 0.0742. The average molecular weight is 309 g/mol. The molecule has 0 radical (unpaired) electrons. The Morgan fingerprint density at radius 1 is 1.33 bits per heavy atom. The molecular formula is C16H21ClN2O2. The van der Waals surface area contributed by atoms with Crippen LogP contribution in [0.25, 0.3) is 0 Å². The molecule has 0 spiro atoms. The van der Waals surface area contributed by atoms with Crippen LogP contribution in [0.4, 0.5) is 0 Å². The van der Waals surface area contributed by atoms with Gasteiger partial charge in [-0.15, -0.1) is 12.4 Å². The normalized spacial score (nSPS) is 11.6. The van der Waals surface area contributed by atoms with Gasteiger partial charge in [-0.25, -0.2) is 0 Å². The number of nitrogens with zero attached hydrogens (tertiary/aromatic N) is 1. The van der Waals surface area contributed by atoms with Gasteiger partial charge in [-0.3, -0.25) is 4.79 Å². The van der Waals surface area contributed by atoms with E-state index in [1.165, 1.54) is 11.8 Å². The summed E-state index contributed by atoms with van der Waals surface area (Å²) in [6, 6.07) is 9.89. The van der Waals surface area contributed by atoms with Gasteiger partial charge in [0.2, 0.25) is 0 Å². The van der Waals surface area contributed by atoms with E-state index in [1.807, 2.05) is 26.0 Å². The molecule has 5 heteroatoms. The number of carbonyl (C=O) groups is 1. The van der Waals surface area contributed by atoms with Crippen molar-refractivity contribution >= 4 is 18.3 Å². The Bertz CT molecular complexity index is 593. The molecule has 2 N–H and O–H groups in total. The highest BCUT2D eigenvalue weighted by Gasteiger charge is 2.20. The smallest absolute Gasteiger partial charge is 0.257 e. The van der Waals surface area contributed by atoms with Crippen molar-refractivity contribution in [1.29, 1.82) is 0 Å². The van der Waals surface area contributed by atoms with Crippen molar-refractivity contribution in [3.63, 3.8) is 0 Å². The Morgan fingerprint density at radius 2 is 1.95 bits per heavy atom.